The Morgan fingerprint density at radius 1 is 1.02 bits per heavy atom. The number of phenols is 1. The Hall–Kier alpha value is -4.49. The van der Waals surface area contributed by atoms with Gasteiger partial charge in [0.05, 0.1) is 6.04 Å². The molecule has 13 nitrogen and oxygen atoms in total. The summed E-state index contributed by atoms with van der Waals surface area (Å²) in [6.45, 7) is 4.58. The number of carbonyl (C=O) groups is 2. The average Bonchev–Trinajstić information content (AvgIpc) is 3.44. The average molecular weight is 608 g/mol. The van der Waals surface area contributed by atoms with Gasteiger partial charge in [0, 0.05) is 19.4 Å². The molecule has 0 fully saturated rings. The van der Waals surface area contributed by atoms with Gasteiger partial charge in [0.1, 0.15) is 17.8 Å². The van der Waals surface area contributed by atoms with Crippen LogP contribution >= 0.6 is 0 Å². The molecule has 2 amide bonds. The summed E-state index contributed by atoms with van der Waals surface area (Å²) in [6.07, 6.45) is 3.45. The molecule has 0 spiro atoms. The molecule has 0 aliphatic carbocycles. The van der Waals surface area contributed by atoms with E-state index in [2.05, 4.69) is 26.1 Å². The van der Waals surface area contributed by atoms with Crippen LogP contribution in [0.1, 0.15) is 72.1 Å². The molecule has 0 radical (unpaired) electrons. The fourth-order valence-corrected chi connectivity index (χ4v) is 4.94. The third kappa shape index (κ3) is 10.7. The van der Waals surface area contributed by atoms with E-state index in [9.17, 15) is 14.7 Å². The standard InChI is InChI=1S/C31H45N9O4/c1-19-15-22(41)16-20(2)23(19)18-26(38-28(42)24(33)11-8-14-36-31(34)35)29(43)37-25(12-6-7-13-32)30-39-27(40-44-30)17-21-9-4-3-5-10-21/h3-5,9-10,15-16,24-26,41H,6-8,11-14,17-18,32-33H2,1-2H3,(H,37,43)(H,38,42)(H4,34,35,36)/t24-,25-,26+/m0/s1. The van der Waals surface area contributed by atoms with Crippen molar-refractivity contribution in [3.63, 3.8) is 0 Å². The van der Waals surface area contributed by atoms with Crippen molar-refractivity contribution in [3.8, 4) is 5.75 Å². The molecule has 3 aromatic rings. The van der Waals surface area contributed by atoms with Gasteiger partial charge in [-0.25, -0.2) is 0 Å². The van der Waals surface area contributed by atoms with Crippen molar-refractivity contribution in [2.45, 2.75) is 76.9 Å². The van der Waals surface area contributed by atoms with Gasteiger partial charge >= 0.3 is 0 Å². The minimum absolute atomic E-state index is 0.123. The summed E-state index contributed by atoms with van der Waals surface area (Å²) in [7, 11) is 0. The van der Waals surface area contributed by atoms with Crippen molar-refractivity contribution in [3.05, 3.63) is 76.4 Å². The molecule has 0 aliphatic rings. The maximum absolute atomic E-state index is 13.9. The van der Waals surface area contributed by atoms with Crippen LogP contribution in [0.25, 0.3) is 0 Å². The molecular weight excluding hydrogens is 562 g/mol. The molecule has 1 heterocycles. The van der Waals surface area contributed by atoms with Crippen LogP contribution in [0.5, 0.6) is 5.75 Å². The number of carbonyl (C=O) groups excluding carboxylic acids is 2. The van der Waals surface area contributed by atoms with Crippen molar-refractivity contribution in [1.82, 2.24) is 26.1 Å². The minimum Gasteiger partial charge on any atom is -0.508 e. The number of aromatic nitrogens is 2. The lowest BCUT2D eigenvalue weighted by Crippen LogP contribution is -2.53. The third-order valence-electron chi connectivity index (χ3n) is 7.32. The maximum atomic E-state index is 13.9. The lowest BCUT2D eigenvalue weighted by Gasteiger charge is -2.24. The summed E-state index contributed by atoms with van der Waals surface area (Å²) in [5, 5.41) is 30.0. The van der Waals surface area contributed by atoms with E-state index in [0.29, 0.717) is 51.0 Å². The number of nitrogens with two attached hydrogens (primary N) is 3. The predicted molar refractivity (Wildman–Crippen MR) is 168 cm³/mol. The summed E-state index contributed by atoms with van der Waals surface area (Å²) < 4.78 is 5.60. The number of hydrogen-bond donors (Lipinski definition) is 8. The molecule has 44 heavy (non-hydrogen) atoms. The fourth-order valence-electron chi connectivity index (χ4n) is 4.94. The highest BCUT2D eigenvalue weighted by atomic mass is 16.5. The highest BCUT2D eigenvalue weighted by Crippen LogP contribution is 2.23. The van der Waals surface area contributed by atoms with Gasteiger partial charge in [-0.1, -0.05) is 35.5 Å². The van der Waals surface area contributed by atoms with E-state index in [0.717, 1.165) is 28.7 Å². The molecule has 11 N–H and O–H groups in total. The van der Waals surface area contributed by atoms with Crippen LogP contribution in [0.15, 0.2) is 47.0 Å². The van der Waals surface area contributed by atoms with Crippen LogP contribution in [0.4, 0.5) is 0 Å². The molecule has 0 bridgehead atoms. The van der Waals surface area contributed by atoms with E-state index < -0.39 is 29.9 Å². The Labute approximate surface area is 257 Å². The zero-order valence-corrected chi connectivity index (χ0v) is 25.4. The predicted octanol–water partition coefficient (Wildman–Crippen LogP) is 1.59. The van der Waals surface area contributed by atoms with Crippen molar-refractivity contribution in [2.75, 3.05) is 13.1 Å². The fraction of sp³-hybridized carbons (Fsp3) is 0.452. The van der Waals surface area contributed by atoms with E-state index in [1.54, 1.807) is 12.1 Å². The number of phenolic OH excluding ortho intramolecular Hbond substituents is 1. The molecule has 2 aromatic carbocycles. The first-order valence-electron chi connectivity index (χ1n) is 14.9. The van der Waals surface area contributed by atoms with E-state index in [4.69, 9.17) is 27.1 Å². The topological polar surface area (TPSA) is 231 Å². The van der Waals surface area contributed by atoms with Crippen LogP contribution in [0.3, 0.4) is 0 Å². The van der Waals surface area contributed by atoms with E-state index in [1.165, 1.54) is 0 Å². The lowest BCUT2D eigenvalue weighted by molar-refractivity contribution is -0.130. The number of rotatable bonds is 17. The van der Waals surface area contributed by atoms with Gasteiger partial charge in [0.25, 0.3) is 0 Å². The van der Waals surface area contributed by atoms with Crippen molar-refractivity contribution in [2.24, 2.45) is 17.2 Å². The van der Waals surface area contributed by atoms with Crippen molar-refractivity contribution in [1.29, 1.82) is 5.41 Å². The van der Waals surface area contributed by atoms with Crippen LogP contribution in [0.2, 0.25) is 0 Å². The lowest BCUT2D eigenvalue weighted by atomic mass is 9.95. The normalized spacial score (nSPS) is 13.1. The van der Waals surface area contributed by atoms with Gasteiger partial charge in [-0.05, 0) is 86.9 Å². The summed E-state index contributed by atoms with van der Waals surface area (Å²) >= 11 is 0. The van der Waals surface area contributed by atoms with E-state index >= 15 is 0 Å². The Morgan fingerprint density at radius 3 is 2.39 bits per heavy atom. The molecule has 238 valence electrons. The molecule has 0 saturated carbocycles. The summed E-state index contributed by atoms with van der Waals surface area (Å²) in [5.74, 6) is -0.180. The molecule has 13 heteroatoms. The molecule has 0 saturated heterocycles. The smallest absolute Gasteiger partial charge is 0.249 e. The summed E-state index contributed by atoms with van der Waals surface area (Å²) in [6, 6.07) is 10.5. The van der Waals surface area contributed by atoms with E-state index in [1.807, 2.05) is 44.2 Å². The Morgan fingerprint density at radius 2 is 1.73 bits per heavy atom. The van der Waals surface area contributed by atoms with Gasteiger partial charge in [0.15, 0.2) is 11.8 Å². The van der Waals surface area contributed by atoms with Gasteiger partial charge in [0.2, 0.25) is 17.7 Å². The van der Waals surface area contributed by atoms with E-state index in [-0.39, 0.29) is 24.0 Å². The molecule has 0 aliphatic heterocycles. The number of nitrogens with zero attached hydrogens (tertiary/aromatic N) is 2. The number of aromatic hydroxyl groups is 1. The van der Waals surface area contributed by atoms with Crippen molar-refractivity contribution < 1.29 is 19.2 Å². The highest BCUT2D eigenvalue weighted by molar-refractivity contribution is 5.90. The third-order valence-corrected chi connectivity index (χ3v) is 7.32. The number of amides is 2. The largest absolute Gasteiger partial charge is 0.508 e. The Bertz CT molecular complexity index is 1360. The zero-order valence-electron chi connectivity index (χ0n) is 25.4. The quantitative estimate of drug-likeness (QED) is 0.0627. The molecule has 1 aromatic heterocycles. The number of unbranched alkanes of at least 4 members (excludes halogenated alkanes) is 1. The SMILES string of the molecule is Cc1cc(O)cc(C)c1C[C@@H](NC(=O)[C@@H](N)CCCNC(=N)N)C(=O)N[C@@H](CCCCN)c1nc(Cc2ccccc2)no1. The van der Waals surface area contributed by atoms with Crippen LogP contribution in [-0.2, 0) is 22.4 Å². The Balaban J connectivity index is 1.81. The number of hydrogen-bond acceptors (Lipinski definition) is 9. The monoisotopic (exact) mass is 607 g/mol. The number of nitrogens with one attached hydrogen (secondary N) is 4. The van der Waals surface area contributed by atoms with Gasteiger partial charge in [-0.2, -0.15) is 4.98 Å². The molecule has 0 unspecified atom stereocenters. The van der Waals surface area contributed by atoms with Gasteiger partial charge in [-0.15, -0.1) is 0 Å². The van der Waals surface area contributed by atoms with Crippen molar-refractivity contribution >= 4 is 17.8 Å². The second-order valence-corrected chi connectivity index (χ2v) is 11.0. The number of guanidine groups is 1. The number of aryl methyl sites for hydroxylation is 2. The molecular formula is C31H45N9O4. The summed E-state index contributed by atoms with van der Waals surface area (Å²) in [5.41, 5.74) is 20.6. The van der Waals surface area contributed by atoms with Crippen LogP contribution < -0.4 is 33.2 Å². The second kappa shape index (κ2) is 17.0. The van der Waals surface area contributed by atoms with Crippen LogP contribution in [0, 0.1) is 19.3 Å². The second-order valence-electron chi connectivity index (χ2n) is 11.0. The molecule has 3 atom stereocenters. The van der Waals surface area contributed by atoms with Gasteiger partial charge < -0.3 is 42.8 Å². The van der Waals surface area contributed by atoms with Gasteiger partial charge in [-0.3, -0.25) is 15.0 Å². The first kappa shape index (κ1) is 34.0. The maximum Gasteiger partial charge on any atom is 0.249 e. The minimum atomic E-state index is -0.977. The first-order chi connectivity index (χ1) is 21.1. The highest BCUT2D eigenvalue weighted by Gasteiger charge is 2.29. The molecule has 3 rings (SSSR count). The zero-order chi connectivity index (χ0) is 32.1. The number of benzene rings is 2. The summed E-state index contributed by atoms with van der Waals surface area (Å²) in [4.78, 5) is 31.6. The van der Waals surface area contributed by atoms with Crippen LogP contribution in [-0.4, -0.2) is 58.2 Å². The Kier molecular flexibility index (Phi) is 13.1. The first-order valence-corrected chi connectivity index (χ1v) is 14.9.